The van der Waals surface area contributed by atoms with Crippen LogP contribution < -0.4 is 10.0 Å². The first kappa shape index (κ1) is 28.4. The fourth-order valence-corrected chi connectivity index (χ4v) is 6.53. The lowest BCUT2D eigenvalue weighted by molar-refractivity contribution is -0.150. The van der Waals surface area contributed by atoms with Crippen LogP contribution in [0.5, 0.6) is 0 Å². The minimum Gasteiger partial charge on any atom is -0.468 e. The van der Waals surface area contributed by atoms with Crippen molar-refractivity contribution in [3.63, 3.8) is 0 Å². The van der Waals surface area contributed by atoms with Gasteiger partial charge in [-0.3, -0.25) is 18.9 Å². The van der Waals surface area contributed by atoms with Crippen LogP contribution >= 0.6 is 22.7 Å². The predicted molar refractivity (Wildman–Crippen MR) is 152 cm³/mol. The van der Waals surface area contributed by atoms with Crippen molar-refractivity contribution in [1.29, 1.82) is 0 Å². The highest BCUT2D eigenvalue weighted by molar-refractivity contribution is 7.87. The van der Waals surface area contributed by atoms with Crippen molar-refractivity contribution in [2.75, 3.05) is 11.8 Å². The van der Waals surface area contributed by atoms with Crippen molar-refractivity contribution in [2.24, 2.45) is 5.92 Å². The zero-order valence-corrected chi connectivity index (χ0v) is 23.6. The maximum absolute atomic E-state index is 13.5. The molecule has 0 aliphatic carbocycles. The van der Waals surface area contributed by atoms with Crippen LogP contribution in [0.25, 0.3) is 9.88 Å². The Hall–Kier alpha value is -3.58. The standard InChI is InChI=1S/C27H27N3O6S3/c1-17-12-13-37-24(17)26-29-23(16-38-26)22(15-19-10-6-7-11-21(19)30-39(33,34)35)28-25(31)20(27(32)36-2)14-18-8-4-3-5-9-18/h3-13,16,20,22,30H,14-15H2,1-2H3,(H,28,31)(H,33,34,35)/t20-,22-/m0/s1. The highest BCUT2D eigenvalue weighted by atomic mass is 32.2. The average molecular weight is 586 g/mol. The van der Waals surface area contributed by atoms with E-state index in [9.17, 15) is 22.6 Å². The van der Waals surface area contributed by atoms with Crippen molar-refractivity contribution in [2.45, 2.75) is 25.8 Å². The summed E-state index contributed by atoms with van der Waals surface area (Å²) < 4.78 is 39.5. The van der Waals surface area contributed by atoms with Gasteiger partial charge in [0.15, 0.2) is 0 Å². The fraction of sp³-hybridized carbons (Fsp3) is 0.222. The highest BCUT2D eigenvalue weighted by Crippen LogP contribution is 2.34. The van der Waals surface area contributed by atoms with Crippen LogP contribution in [0.1, 0.15) is 28.4 Å². The molecule has 4 rings (SSSR count). The van der Waals surface area contributed by atoms with Crippen LogP contribution in [-0.2, 0) is 37.5 Å². The van der Waals surface area contributed by atoms with Crippen LogP contribution in [0, 0.1) is 12.8 Å². The van der Waals surface area contributed by atoms with Gasteiger partial charge in [-0.2, -0.15) is 8.42 Å². The molecule has 1 amide bonds. The van der Waals surface area contributed by atoms with Crippen molar-refractivity contribution in [3.8, 4) is 9.88 Å². The van der Waals surface area contributed by atoms with E-state index in [-0.39, 0.29) is 18.5 Å². The Morgan fingerprint density at radius 2 is 1.74 bits per heavy atom. The summed E-state index contributed by atoms with van der Waals surface area (Å²) >= 11 is 2.99. The normalized spacial score (nSPS) is 12.9. The molecule has 0 aliphatic heterocycles. The van der Waals surface area contributed by atoms with Gasteiger partial charge >= 0.3 is 16.3 Å². The Bertz CT molecular complexity index is 1550. The quantitative estimate of drug-likeness (QED) is 0.130. The number of aryl methyl sites for hydroxylation is 1. The number of hydrogen-bond acceptors (Lipinski definition) is 8. The third-order valence-electron chi connectivity index (χ3n) is 6.02. The van der Waals surface area contributed by atoms with Crippen LogP contribution in [0.2, 0.25) is 0 Å². The van der Waals surface area contributed by atoms with Gasteiger partial charge < -0.3 is 10.1 Å². The third-order valence-corrected chi connectivity index (χ3v) is 8.53. The van der Waals surface area contributed by atoms with Crippen molar-refractivity contribution in [3.05, 3.63) is 93.8 Å². The van der Waals surface area contributed by atoms with Crippen LogP contribution in [0.15, 0.2) is 71.4 Å². The number of aromatic nitrogens is 1. The second kappa shape index (κ2) is 12.5. The molecule has 12 heteroatoms. The van der Waals surface area contributed by atoms with Gasteiger partial charge in [0.2, 0.25) is 5.91 Å². The molecular formula is C27H27N3O6S3. The molecule has 0 unspecified atom stereocenters. The highest BCUT2D eigenvalue weighted by Gasteiger charge is 2.31. The molecule has 0 saturated heterocycles. The van der Waals surface area contributed by atoms with Crippen LogP contribution in [0.3, 0.4) is 0 Å². The number of thiazole rings is 1. The molecule has 0 fully saturated rings. The number of ether oxygens (including phenoxy) is 1. The number of carbonyl (C=O) groups excluding carboxylic acids is 2. The molecule has 4 aromatic rings. The Labute approximate surface area is 234 Å². The molecule has 39 heavy (non-hydrogen) atoms. The second-order valence-electron chi connectivity index (χ2n) is 8.78. The first-order chi connectivity index (χ1) is 18.6. The summed E-state index contributed by atoms with van der Waals surface area (Å²) in [4.78, 5) is 32.0. The second-order valence-corrected chi connectivity index (χ2v) is 11.7. The number of hydrogen-bond donors (Lipinski definition) is 3. The Balaban J connectivity index is 1.68. The summed E-state index contributed by atoms with van der Waals surface area (Å²) in [5.74, 6) is -2.32. The van der Waals surface area contributed by atoms with Gasteiger partial charge in [0, 0.05) is 11.8 Å². The van der Waals surface area contributed by atoms with Gasteiger partial charge in [-0.1, -0.05) is 48.5 Å². The largest absolute Gasteiger partial charge is 0.468 e. The number of benzene rings is 2. The van der Waals surface area contributed by atoms with Gasteiger partial charge in [0.05, 0.1) is 29.4 Å². The molecule has 0 bridgehead atoms. The molecule has 3 N–H and O–H groups in total. The zero-order chi connectivity index (χ0) is 28.0. The Morgan fingerprint density at radius 3 is 2.41 bits per heavy atom. The fourth-order valence-electron chi connectivity index (χ4n) is 4.08. The van der Waals surface area contributed by atoms with Gasteiger partial charge in [-0.25, -0.2) is 4.98 Å². The topological polar surface area (TPSA) is 135 Å². The number of anilines is 1. The van der Waals surface area contributed by atoms with E-state index in [1.165, 1.54) is 24.5 Å². The number of para-hydroxylation sites is 1. The minimum absolute atomic E-state index is 0.135. The number of thiophene rings is 1. The first-order valence-electron chi connectivity index (χ1n) is 11.9. The van der Waals surface area contributed by atoms with Gasteiger partial charge in [-0.15, -0.1) is 22.7 Å². The molecule has 0 radical (unpaired) electrons. The van der Waals surface area contributed by atoms with E-state index in [0.29, 0.717) is 11.3 Å². The summed E-state index contributed by atoms with van der Waals surface area (Å²) in [7, 11) is -3.29. The van der Waals surface area contributed by atoms with Gasteiger partial charge in [0.25, 0.3) is 0 Å². The van der Waals surface area contributed by atoms with Gasteiger partial charge in [-0.05, 0) is 47.5 Å². The summed E-state index contributed by atoms with van der Waals surface area (Å²) in [6.45, 7) is 1.99. The number of methoxy groups -OCH3 is 1. The zero-order valence-electron chi connectivity index (χ0n) is 21.2. The lowest BCUT2D eigenvalue weighted by atomic mass is 9.96. The lowest BCUT2D eigenvalue weighted by Crippen LogP contribution is -2.40. The smallest absolute Gasteiger partial charge is 0.357 e. The molecular weight excluding hydrogens is 559 g/mol. The first-order valence-corrected chi connectivity index (χ1v) is 15.1. The van der Waals surface area contributed by atoms with E-state index < -0.39 is 34.1 Å². The van der Waals surface area contributed by atoms with E-state index in [1.807, 2.05) is 54.1 Å². The van der Waals surface area contributed by atoms with E-state index in [1.54, 1.807) is 29.5 Å². The molecule has 0 aliphatic rings. The van der Waals surface area contributed by atoms with Crippen molar-refractivity contribution >= 4 is 50.5 Å². The third kappa shape index (κ3) is 7.51. The number of carbonyl (C=O) groups is 2. The number of nitrogens with zero attached hydrogens (tertiary/aromatic N) is 1. The van der Waals surface area contributed by atoms with E-state index >= 15 is 0 Å². The summed E-state index contributed by atoms with van der Waals surface area (Å²) in [5.41, 5.74) is 3.11. The van der Waals surface area contributed by atoms with E-state index in [2.05, 4.69) is 10.0 Å². The molecule has 0 saturated carbocycles. The summed E-state index contributed by atoms with van der Waals surface area (Å²) in [6.07, 6.45) is 0.278. The molecule has 2 aromatic carbocycles. The SMILES string of the molecule is COC(=O)[C@@H](Cc1ccccc1)C(=O)N[C@@H](Cc1ccccc1NS(=O)(=O)O)c1csc(-c2sccc2C)n1. The van der Waals surface area contributed by atoms with E-state index in [4.69, 9.17) is 9.72 Å². The van der Waals surface area contributed by atoms with Crippen LogP contribution in [0.4, 0.5) is 5.69 Å². The Morgan fingerprint density at radius 1 is 1.03 bits per heavy atom. The van der Waals surface area contributed by atoms with Crippen molar-refractivity contribution < 1.29 is 27.3 Å². The number of nitrogens with one attached hydrogen (secondary N) is 2. The molecule has 2 atom stereocenters. The molecule has 9 nitrogen and oxygen atoms in total. The molecule has 0 spiro atoms. The number of esters is 1. The molecule has 2 heterocycles. The predicted octanol–water partition coefficient (Wildman–Crippen LogP) is 4.83. The van der Waals surface area contributed by atoms with E-state index in [0.717, 1.165) is 21.0 Å². The lowest BCUT2D eigenvalue weighted by Gasteiger charge is -2.22. The van der Waals surface area contributed by atoms with Crippen molar-refractivity contribution in [1.82, 2.24) is 10.3 Å². The molecule has 204 valence electrons. The average Bonchev–Trinajstić information content (AvgIpc) is 3.56. The summed E-state index contributed by atoms with van der Waals surface area (Å²) in [5, 5.41) is 7.55. The Kier molecular flexibility index (Phi) is 9.12. The minimum atomic E-state index is -4.53. The molecule has 2 aromatic heterocycles. The van der Waals surface area contributed by atoms with Gasteiger partial charge in [0.1, 0.15) is 10.9 Å². The summed E-state index contributed by atoms with van der Waals surface area (Å²) in [6, 6.07) is 17.0. The maximum Gasteiger partial charge on any atom is 0.357 e. The van der Waals surface area contributed by atoms with Crippen LogP contribution in [-0.4, -0.2) is 36.9 Å². The number of amides is 1. The number of rotatable bonds is 11. The maximum atomic E-state index is 13.5. The monoisotopic (exact) mass is 585 g/mol.